The minimum Gasteiger partial charge on any atom is -0.314 e. The second-order valence-electron chi connectivity index (χ2n) is 4.20. The molecule has 1 heterocycles. The van der Waals surface area contributed by atoms with Gasteiger partial charge in [0.05, 0.1) is 0 Å². The van der Waals surface area contributed by atoms with Crippen LogP contribution in [-0.4, -0.2) is 22.6 Å². The van der Waals surface area contributed by atoms with Crippen LogP contribution in [0.3, 0.4) is 0 Å². The molecule has 1 aliphatic carbocycles. The normalized spacial score (nSPS) is 17.9. The van der Waals surface area contributed by atoms with E-state index in [-0.39, 0.29) is 0 Å². The Morgan fingerprint density at radius 1 is 1.13 bits per heavy atom. The Hall–Kier alpha value is -0.960. The van der Waals surface area contributed by atoms with Crippen LogP contribution in [0.4, 0.5) is 0 Å². The second kappa shape index (κ2) is 5.81. The molecular weight excluding hydrogens is 186 g/mol. The zero-order valence-corrected chi connectivity index (χ0v) is 9.15. The van der Waals surface area contributed by atoms with Gasteiger partial charge < -0.3 is 5.32 Å². The topological polar surface area (TPSA) is 37.8 Å². The third-order valence-electron chi connectivity index (χ3n) is 3.01. The van der Waals surface area contributed by atoms with Crippen LogP contribution in [0.1, 0.15) is 37.9 Å². The lowest BCUT2D eigenvalue weighted by Crippen LogP contribution is -2.32. The standard InChI is InChI=1S/C12H19N3/c1-2-5-11(6-3-1)13-10-7-12-14-8-4-9-15-12/h4,8-9,11,13H,1-3,5-7,10H2. The third-order valence-corrected chi connectivity index (χ3v) is 3.01. The van der Waals surface area contributed by atoms with E-state index in [0.29, 0.717) is 0 Å². The molecule has 0 spiro atoms. The Morgan fingerprint density at radius 2 is 1.87 bits per heavy atom. The Balaban J connectivity index is 1.66. The molecule has 15 heavy (non-hydrogen) atoms. The van der Waals surface area contributed by atoms with E-state index in [1.165, 1.54) is 32.1 Å². The molecule has 1 fully saturated rings. The molecule has 0 unspecified atom stereocenters. The summed E-state index contributed by atoms with van der Waals surface area (Å²) in [6.07, 6.45) is 11.4. The first-order valence-corrected chi connectivity index (χ1v) is 5.94. The smallest absolute Gasteiger partial charge is 0.129 e. The minimum atomic E-state index is 0.738. The van der Waals surface area contributed by atoms with Gasteiger partial charge in [0, 0.05) is 31.4 Å². The molecule has 82 valence electrons. The molecule has 0 bridgehead atoms. The predicted octanol–water partition coefficient (Wildman–Crippen LogP) is 1.94. The van der Waals surface area contributed by atoms with Crippen molar-refractivity contribution in [2.75, 3.05) is 6.54 Å². The Kier molecular flexibility index (Phi) is 4.09. The van der Waals surface area contributed by atoms with Crippen molar-refractivity contribution in [3.8, 4) is 0 Å². The molecule has 2 rings (SSSR count). The minimum absolute atomic E-state index is 0.738. The van der Waals surface area contributed by atoms with Gasteiger partial charge in [-0.3, -0.25) is 0 Å². The molecule has 0 saturated heterocycles. The van der Waals surface area contributed by atoms with Gasteiger partial charge in [-0.2, -0.15) is 0 Å². The molecule has 3 nitrogen and oxygen atoms in total. The van der Waals surface area contributed by atoms with Crippen molar-refractivity contribution in [2.45, 2.75) is 44.6 Å². The van der Waals surface area contributed by atoms with E-state index in [1.54, 1.807) is 0 Å². The number of rotatable bonds is 4. The summed E-state index contributed by atoms with van der Waals surface area (Å²) in [4.78, 5) is 8.42. The quantitative estimate of drug-likeness (QED) is 0.816. The second-order valence-corrected chi connectivity index (χ2v) is 4.20. The molecule has 1 N–H and O–H groups in total. The zero-order valence-electron chi connectivity index (χ0n) is 9.15. The summed E-state index contributed by atoms with van der Waals surface area (Å²) in [7, 11) is 0. The fourth-order valence-corrected chi connectivity index (χ4v) is 2.15. The zero-order chi connectivity index (χ0) is 10.3. The lowest BCUT2D eigenvalue weighted by Gasteiger charge is -2.22. The van der Waals surface area contributed by atoms with E-state index in [4.69, 9.17) is 0 Å². The third kappa shape index (κ3) is 3.59. The Morgan fingerprint density at radius 3 is 2.60 bits per heavy atom. The van der Waals surface area contributed by atoms with Crippen molar-refractivity contribution in [2.24, 2.45) is 0 Å². The maximum atomic E-state index is 4.21. The summed E-state index contributed by atoms with van der Waals surface area (Å²) in [6.45, 7) is 1.01. The average Bonchev–Trinajstić information content (AvgIpc) is 2.32. The van der Waals surface area contributed by atoms with Gasteiger partial charge in [-0.1, -0.05) is 19.3 Å². The first kappa shape index (κ1) is 10.6. The monoisotopic (exact) mass is 205 g/mol. The molecule has 1 aromatic rings. The molecule has 0 amide bonds. The number of aromatic nitrogens is 2. The van der Waals surface area contributed by atoms with E-state index >= 15 is 0 Å². The van der Waals surface area contributed by atoms with E-state index in [1.807, 2.05) is 18.5 Å². The van der Waals surface area contributed by atoms with E-state index < -0.39 is 0 Å². The average molecular weight is 205 g/mol. The fourth-order valence-electron chi connectivity index (χ4n) is 2.15. The lowest BCUT2D eigenvalue weighted by atomic mass is 9.95. The van der Waals surface area contributed by atoms with Gasteiger partial charge in [0.25, 0.3) is 0 Å². The number of hydrogen-bond acceptors (Lipinski definition) is 3. The van der Waals surface area contributed by atoms with Crippen LogP contribution in [-0.2, 0) is 6.42 Å². The summed E-state index contributed by atoms with van der Waals surface area (Å²) < 4.78 is 0. The maximum Gasteiger partial charge on any atom is 0.129 e. The van der Waals surface area contributed by atoms with Crippen molar-refractivity contribution in [1.82, 2.24) is 15.3 Å². The molecule has 1 saturated carbocycles. The number of hydrogen-bond donors (Lipinski definition) is 1. The van der Waals surface area contributed by atoms with Crippen LogP contribution in [0.25, 0.3) is 0 Å². The van der Waals surface area contributed by atoms with Crippen LogP contribution in [0.2, 0.25) is 0 Å². The van der Waals surface area contributed by atoms with Gasteiger partial charge in [0.2, 0.25) is 0 Å². The molecular formula is C12H19N3. The van der Waals surface area contributed by atoms with E-state index in [0.717, 1.165) is 24.8 Å². The van der Waals surface area contributed by atoms with Crippen molar-refractivity contribution in [3.05, 3.63) is 24.3 Å². The molecule has 1 aliphatic rings. The van der Waals surface area contributed by atoms with Crippen LogP contribution < -0.4 is 5.32 Å². The van der Waals surface area contributed by atoms with Crippen LogP contribution in [0.15, 0.2) is 18.5 Å². The highest BCUT2D eigenvalue weighted by molar-refractivity contribution is 4.89. The molecule has 0 radical (unpaired) electrons. The van der Waals surface area contributed by atoms with E-state index in [2.05, 4.69) is 15.3 Å². The van der Waals surface area contributed by atoms with E-state index in [9.17, 15) is 0 Å². The van der Waals surface area contributed by atoms with Gasteiger partial charge in [0.15, 0.2) is 0 Å². The molecule has 1 aromatic heterocycles. The first-order valence-electron chi connectivity index (χ1n) is 5.94. The summed E-state index contributed by atoms with van der Waals surface area (Å²) in [5, 5.41) is 3.59. The van der Waals surface area contributed by atoms with Gasteiger partial charge in [-0.25, -0.2) is 9.97 Å². The lowest BCUT2D eigenvalue weighted by molar-refractivity contribution is 0.374. The summed E-state index contributed by atoms with van der Waals surface area (Å²) in [6, 6.07) is 2.60. The number of nitrogens with one attached hydrogen (secondary N) is 1. The largest absolute Gasteiger partial charge is 0.314 e. The molecule has 3 heteroatoms. The first-order chi connectivity index (χ1) is 7.45. The van der Waals surface area contributed by atoms with Crippen molar-refractivity contribution in [1.29, 1.82) is 0 Å². The van der Waals surface area contributed by atoms with Crippen molar-refractivity contribution in [3.63, 3.8) is 0 Å². The number of nitrogens with zero attached hydrogens (tertiary/aromatic N) is 2. The van der Waals surface area contributed by atoms with Crippen LogP contribution in [0.5, 0.6) is 0 Å². The van der Waals surface area contributed by atoms with Gasteiger partial charge in [-0.15, -0.1) is 0 Å². The SMILES string of the molecule is c1cnc(CCNC2CCCCC2)nc1. The van der Waals surface area contributed by atoms with Crippen molar-refractivity contribution >= 4 is 0 Å². The predicted molar refractivity (Wildman–Crippen MR) is 60.6 cm³/mol. The van der Waals surface area contributed by atoms with Gasteiger partial charge in [-0.05, 0) is 18.9 Å². The van der Waals surface area contributed by atoms with Gasteiger partial charge in [0.1, 0.15) is 5.82 Å². The summed E-state index contributed by atoms with van der Waals surface area (Å²) >= 11 is 0. The van der Waals surface area contributed by atoms with Crippen LogP contribution in [0, 0.1) is 0 Å². The summed E-state index contributed by atoms with van der Waals surface area (Å²) in [5.74, 6) is 0.945. The highest BCUT2D eigenvalue weighted by Crippen LogP contribution is 2.17. The highest BCUT2D eigenvalue weighted by atomic mass is 14.9. The fraction of sp³-hybridized carbons (Fsp3) is 0.667. The molecule has 0 aromatic carbocycles. The van der Waals surface area contributed by atoms with Crippen LogP contribution >= 0.6 is 0 Å². The highest BCUT2D eigenvalue weighted by Gasteiger charge is 2.11. The molecule has 0 atom stereocenters. The van der Waals surface area contributed by atoms with Gasteiger partial charge >= 0.3 is 0 Å². The Bertz CT molecular complexity index is 267. The molecule has 0 aliphatic heterocycles. The summed E-state index contributed by atoms with van der Waals surface area (Å²) in [5.41, 5.74) is 0. The van der Waals surface area contributed by atoms with Crippen molar-refractivity contribution < 1.29 is 0 Å². The maximum absolute atomic E-state index is 4.21. The Labute approximate surface area is 91.3 Å².